The topological polar surface area (TPSA) is 102 Å². The number of nitrogens with zero attached hydrogens (tertiary/aromatic N) is 3. The number of imidazole rings is 1. The number of pyridine rings is 1. The van der Waals surface area contributed by atoms with E-state index < -0.39 is 0 Å². The number of benzene rings is 1. The number of nitrogens with one attached hydrogen (secondary N) is 1. The van der Waals surface area contributed by atoms with Gasteiger partial charge in [0.15, 0.2) is 18.4 Å². The van der Waals surface area contributed by atoms with Gasteiger partial charge in [0.2, 0.25) is 0 Å². The number of hydrogen-bond acceptors (Lipinski definition) is 7. The monoisotopic (exact) mass is 426 g/mol. The van der Waals surface area contributed by atoms with Crippen molar-refractivity contribution in [2.24, 2.45) is 0 Å². The standard InChI is InChI=1S/C21H19ClN4O4/c1-21-6-8-28-18(21)16(11-29-21)30-20-24-15-10-14(22)17(25-19(15)26-20)12-2-4-13(5-3-12)27-9-7-23/h2-5,10,16,18H,6,8-9,11H2,1H3,(H,24,25,26)/t16?,18-,21-/m1/s1. The third-order valence-corrected chi connectivity index (χ3v) is 5.80. The van der Waals surface area contributed by atoms with Gasteiger partial charge in [-0.1, -0.05) is 11.6 Å². The SMILES string of the molecule is C[C@@]12CCO[C@@H]1C(Oc1nc3nc(-c4ccc(OCC#N)cc4)c(Cl)cc3[nH]1)CO2. The summed E-state index contributed by atoms with van der Waals surface area (Å²) in [5, 5.41) is 9.09. The maximum Gasteiger partial charge on any atom is 0.296 e. The van der Waals surface area contributed by atoms with Crippen molar-refractivity contribution in [2.75, 3.05) is 19.8 Å². The van der Waals surface area contributed by atoms with E-state index in [0.29, 0.717) is 46.9 Å². The van der Waals surface area contributed by atoms with E-state index in [4.69, 9.17) is 35.8 Å². The molecule has 0 radical (unpaired) electrons. The Morgan fingerprint density at radius 3 is 2.97 bits per heavy atom. The molecule has 5 rings (SSSR count). The molecular formula is C21H19ClN4O4. The molecule has 3 aromatic rings. The fraction of sp³-hybridized carbons (Fsp3) is 0.381. The largest absolute Gasteiger partial charge is 0.479 e. The van der Waals surface area contributed by atoms with Gasteiger partial charge in [0.05, 0.1) is 35.0 Å². The van der Waals surface area contributed by atoms with Crippen LogP contribution in [0.4, 0.5) is 0 Å². The van der Waals surface area contributed by atoms with Crippen LogP contribution in [0.2, 0.25) is 5.02 Å². The van der Waals surface area contributed by atoms with Crippen molar-refractivity contribution in [1.82, 2.24) is 15.0 Å². The molecule has 0 aliphatic carbocycles. The van der Waals surface area contributed by atoms with Crippen LogP contribution in [0.15, 0.2) is 30.3 Å². The molecule has 2 fully saturated rings. The highest BCUT2D eigenvalue weighted by Gasteiger charge is 2.52. The van der Waals surface area contributed by atoms with Gasteiger partial charge in [-0.25, -0.2) is 4.98 Å². The maximum atomic E-state index is 8.61. The van der Waals surface area contributed by atoms with Crippen molar-refractivity contribution in [3.8, 4) is 29.1 Å². The Hall–Kier alpha value is -2.86. The Morgan fingerprint density at radius 1 is 1.33 bits per heavy atom. The highest BCUT2D eigenvalue weighted by molar-refractivity contribution is 6.33. The first kappa shape index (κ1) is 19.1. The molecule has 0 saturated carbocycles. The molecule has 0 amide bonds. The van der Waals surface area contributed by atoms with Crippen LogP contribution < -0.4 is 9.47 Å². The van der Waals surface area contributed by atoms with Crippen LogP contribution in [-0.4, -0.2) is 52.6 Å². The summed E-state index contributed by atoms with van der Waals surface area (Å²) in [6.07, 6.45) is 0.520. The third kappa shape index (κ3) is 3.35. The smallest absolute Gasteiger partial charge is 0.296 e. The number of aromatic nitrogens is 3. The number of fused-ring (bicyclic) bond motifs is 2. The summed E-state index contributed by atoms with van der Waals surface area (Å²) in [5.74, 6) is 0.605. The minimum Gasteiger partial charge on any atom is -0.479 e. The van der Waals surface area contributed by atoms with Crippen LogP contribution in [0.1, 0.15) is 13.3 Å². The Labute approximate surface area is 177 Å². The number of H-pyrrole nitrogens is 1. The van der Waals surface area contributed by atoms with Gasteiger partial charge in [-0.15, -0.1) is 0 Å². The van der Waals surface area contributed by atoms with E-state index in [9.17, 15) is 0 Å². The summed E-state index contributed by atoms with van der Waals surface area (Å²) in [6, 6.07) is 11.3. The predicted octanol–water partition coefficient (Wildman–Crippen LogP) is 3.51. The lowest BCUT2D eigenvalue weighted by atomic mass is 9.97. The van der Waals surface area contributed by atoms with Gasteiger partial charge >= 0.3 is 0 Å². The number of ether oxygens (including phenoxy) is 4. The van der Waals surface area contributed by atoms with E-state index in [1.807, 2.05) is 18.2 Å². The fourth-order valence-electron chi connectivity index (χ4n) is 3.94. The van der Waals surface area contributed by atoms with Crippen LogP contribution in [0.25, 0.3) is 22.4 Å². The highest BCUT2D eigenvalue weighted by atomic mass is 35.5. The van der Waals surface area contributed by atoms with Crippen molar-refractivity contribution >= 4 is 22.8 Å². The summed E-state index contributed by atoms with van der Waals surface area (Å²) in [6.45, 7) is 3.17. The van der Waals surface area contributed by atoms with Crippen molar-refractivity contribution in [3.63, 3.8) is 0 Å². The second-order valence-corrected chi connectivity index (χ2v) is 7.93. The van der Waals surface area contributed by atoms with Crippen molar-refractivity contribution < 1.29 is 18.9 Å². The van der Waals surface area contributed by atoms with E-state index >= 15 is 0 Å². The summed E-state index contributed by atoms with van der Waals surface area (Å²) in [7, 11) is 0. The second-order valence-electron chi connectivity index (χ2n) is 7.52. The lowest BCUT2D eigenvalue weighted by Crippen LogP contribution is -2.39. The van der Waals surface area contributed by atoms with Gasteiger partial charge in [-0.05, 0) is 37.3 Å². The van der Waals surface area contributed by atoms with E-state index in [-0.39, 0.29) is 24.4 Å². The summed E-state index contributed by atoms with van der Waals surface area (Å²) < 4.78 is 23.0. The van der Waals surface area contributed by atoms with Crippen LogP contribution in [0.5, 0.6) is 11.8 Å². The van der Waals surface area contributed by atoms with Crippen LogP contribution in [0.3, 0.4) is 0 Å². The van der Waals surface area contributed by atoms with Gasteiger partial charge in [0.1, 0.15) is 17.9 Å². The average Bonchev–Trinajstić information content (AvgIpc) is 3.39. The molecular weight excluding hydrogens is 408 g/mol. The molecule has 2 aliphatic heterocycles. The third-order valence-electron chi connectivity index (χ3n) is 5.51. The maximum absolute atomic E-state index is 8.61. The average molecular weight is 427 g/mol. The summed E-state index contributed by atoms with van der Waals surface area (Å²) in [4.78, 5) is 12.2. The molecule has 2 aliphatic rings. The van der Waals surface area contributed by atoms with Crippen molar-refractivity contribution in [1.29, 1.82) is 5.26 Å². The minimum atomic E-state index is -0.297. The Bertz CT molecular complexity index is 1130. The molecule has 1 aromatic carbocycles. The van der Waals surface area contributed by atoms with Gasteiger partial charge in [-0.2, -0.15) is 10.2 Å². The lowest BCUT2D eigenvalue weighted by Gasteiger charge is -2.22. The molecule has 1 N–H and O–H groups in total. The predicted molar refractivity (Wildman–Crippen MR) is 109 cm³/mol. The quantitative estimate of drug-likeness (QED) is 0.665. The zero-order valence-corrected chi connectivity index (χ0v) is 17.0. The van der Waals surface area contributed by atoms with Crippen molar-refractivity contribution in [2.45, 2.75) is 31.2 Å². The summed E-state index contributed by atoms with van der Waals surface area (Å²) >= 11 is 6.47. The van der Waals surface area contributed by atoms with Crippen LogP contribution in [-0.2, 0) is 9.47 Å². The molecule has 3 atom stereocenters. The van der Waals surface area contributed by atoms with Gasteiger partial charge in [0, 0.05) is 12.0 Å². The number of rotatable bonds is 5. The Morgan fingerprint density at radius 2 is 2.17 bits per heavy atom. The van der Waals surface area contributed by atoms with E-state index in [0.717, 1.165) is 12.0 Å². The summed E-state index contributed by atoms with van der Waals surface area (Å²) in [5.41, 5.74) is 2.31. The Balaban J connectivity index is 1.39. The van der Waals surface area contributed by atoms with Crippen LogP contribution in [0, 0.1) is 11.3 Å². The van der Waals surface area contributed by atoms with E-state index in [1.54, 1.807) is 18.2 Å². The van der Waals surface area contributed by atoms with E-state index in [2.05, 4.69) is 21.9 Å². The molecule has 0 spiro atoms. The number of aromatic amines is 1. The van der Waals surface area contributed by atoms with Gasteiger partial charge in [-0.3, -0.25) is 0 Å². The Kier molecular flexibility index (Phi) is 4.74. The number of nitriles is 1. The number of halogens is 1. The van der Waals surface area contributed by atoms with Gasteiger partial charge < -0.3 is 23.9 Å². The number of hydrogen-bond donors (Lipinski definition) is 1. The molecule has 9 heteroatoms. The second kappa shape index (κ2) is 7.43. The molecule has 4 heterocycles. The van der Waals surface area contributed by atoms with E-state index in [1.165, 1.54) is 0 Å². The first-order valence-electron chi connectivity index (χ1n) is 9.64. The lowest BCUT2D eigenvalue weighted by molar-refractivity contribution is -0.0124. The molecule has 1 unspecified atom stereocenters. The molecule has 0 bridgehead atoms. The van der Waals surface area contributed by atoms with Crippen LogP contribution >= 0.6 is 11.6 Å². The van der Waals surface area contributed by atoms with Crippen molar-refractivity contribution in [3.05, 3.63) is 35.4 Å². The van der Waals surface area contributed by atoms with Gasteiger partial charge in [0.25, 0.3) is 6.01 Å². The molecule has 2 saturated heterocycles. The molecule has 8 nitrogen and oxygen atoms in total. The molecule has 154 valence electrons. The first-order chi connectivity index (χ1) is 14.6. The first-order valence-corrected chi connectivity index (χ1v) is 10.0. The molecule has 30 heavy (non-hydrogen) atoms. The minimum absolute atomic E-state index is 0.00254. The molecule has 2 aromatic heterocycles. The zero-order valence-electron chi connectivity index (χ0n) is 16.2. The fourth-order valence-corrected chi connectivity index (χ4v) is 4.20. The zero-order chi connectivity index (χ0) is 20.7. The highest BCUT2D eigenvalue weighted by Crippen LogP contribution is 2.38. The normalized spacial score (nSPS) is 25.2.